The zero-order valence-electron chi connectivity index (χ0n) is 15.5. The van der Waals surface area contributed by atoms with Crippen LogP contribution in [-0.4, -0.2) is 9.55 Å². The first-order chi connectivity index (χ1) is 13.7. The van der Waals surface area contributed by atoms with Crippen molar-refractivity contribution in [1.29, 1.82) is 0 Å². The Morgan fingerprint density at radius 1 is 0.786 bits per heavy atom. The maximum atomic E-state index is 13.7. The maximum Gasteiger partial charge on any atom is 0.263 e. The van der Waals surface area contributed by atoms with Gasteiger partial charge in [-0.25, -0.2) is 0 Å². The average molecular weight is 362 g/mol. The molecule has 0 bridgehead atoms. The van der Waals surface area contributed by atoms with E-state index in [2.05, 4.69) is 11.1 Å². The molecule has 3 heteroatoms. The molecule has 0 amide bonds. The first-order valence-corrected chi connectivity index (χ1v) is 9.29. The predicted molar refractivity (Wildman–Crippen MR) is 115 cm³/mol. The van der Waals surface area contributed by atoms with Gasteiger partial charge in [-0.05, 0) is 41.6 Å². The fourth-order valence-corrected chi connectivity index (χ4v) is 3.86. The minimum Gasteiger partial charge on any atom is -0.274 e. The van der Waals surface area contributed by atoms with E-state index in [1.165, 1.54) is 0 Å². The van der Waals surface area contributed by atoms with Crippen molar-refractivity contribution in [2.75, 3.05) is 0 Å². The van der Waals surface area contributed by atoms with Crippen molar-refractivity contribution in [3.8, 4) is 16.9 Å². The quantitative estimate of drug-likeness (QED) is 0.415. The topological polar surface area (TPSA) is 34.9 Å². The van der Waals surface area contributed by atoms with Gasteiger partial charge < -0.3 is 0 Å². The number of nitrogens with zero attached hydrogens (tertiary/aromatic N) is 2. The second-order valence-corrected chi connectivity index (χ2v) is 6.93. The summed E-state index contributed by atoms with van der Waals surface area (Å²) >= 11 is 0. The molecule has 0 saturated heterocycles. The van der Waals surface area contributed by atoms with Crippen molar-refractivity contribution in [3.05, 3.63) is 107 Å². The summed E-state index contributed by atoms with van der Waals surface area (Å²) in [5, 5.41) is 2.71. The van der Waals surface area contributed by atoms with Crippen molar-refractivity contribution in [1.82, 2.24) is 9.55 Å². The summed E-state index contributed by atoms with van der Waals surface area (Å²) in [6.07, 6.45) is 1.77. The van der Waals surface area contributed by atoms with Gasteiger partial charge >= 0.3 is 0 Å². The monoisotopic (exact) mass is 362 g/mol. The molecule has 3 nitrogen and oxygen atoms in total. The van der Waals surface area contributed by atoms with E-state index in [1.54, 1.807) is 10.8 Å². The molecule has 0 saturated carbocycles. The molecule has 0 aliphatic carbocycles. The highest BCUT2D eigenvalue weighted by molar-refractivity contribution is 5.91. The van der Waals surface area contributed by atoms with Gasteiger partial charge in [0.15, 0.2) is 0 Å². The van der Waals surface area contributed by atoms with E-state index in [4.69, 9.17) is 0 Å². The summed E-state index contributed by atoms with van der Waals surface area (Å²) in [7, 11) is 0. The van der Waals surface area contributed by atoms with Crippen molar-refractivity contribution in [2.45, 2.75) is 6.92 Å². The van der Waals surface area contributed by atoms with E-state index in [1.807, 2.05) is 85.8 Å². The van der Waals surface area contributed by atoms with E-state index >= 15 is 0 Å². The lowest BCUT2D eigenvalue weighted by molar-refractivity contribution is 1.02. The lowest BCUT2D eigenvalue weighted by atomic mass is 10.0. The van der Waals surface area contributed by atoms with Gasteiger partial charge in [0, 0.05) is 11.6 Å². The van der Waals surface area contributed by atoms with Gasteiger partial charge in [0.25, 0.3) is 5.56 Å². The van der Waals surface area contributed by atoms with Crippen LogP contribution in [0.15, 0.2) is 95.9 Å². The van der Waals surface area contributed by atoms with Crippen LogP contribution < -0.4 is 5.56 Å². The van der Waals surface area contributed by atoms with Crippen LogP contribution in [0.3, 0.4) is 0 Å². The molecule has 0 spiro atoms. The van der Waals surface area contributed by atoms with E-state index < -0.39 is 0 Å². The molecule has 0 fully saturated rings. The highest BCUT2D eigenvalue weighted by Gasteiger charge is 2.16. The second kappa shape index (κ2) is 6.46. The summed E-state index contributed by atoms with van der Waals surface area (Å²) in [5.41, 5.74) is 4.43. The van der Waals surface area contributed by atoms with Crippen LogP contribution in [0.25, 0.3) is 38.6 Å². The Bertz CT molecular complexity index is 1380. The van der Waals surface area contributed by atoms with Crippen molar-refractivity contribution >= 4 is 21.7 Å². The van der Waals surface area contributed by atoms with Gasteiger partial charge in [0.05, 0.1) is 22.3 Å². The lowest BCUT2D eigenvalue weighted by Gasteiger charge is -2.17. The molecular weight excluding hydrogens is 344 g/mol. The third-order valence-electron chi connectivity index (χ3n) is 5.18. The van der Waals surface area contributed by atoms with Crippen LogP contribution in [0.1, 0.15) is 5.56 Å². The Hall–Kier alpha value is -3.72. The molecule has 0 radical (unpaired) electrons. The first-order valence-electron chi connectivity index (χ1n) is 9.29. The average Bonchev–Trinajstić information content (AvgIpc) is 2.74. The fraction of sp³-hybridized carbons (Fsp3) is 0.0400. The number of para-hydroxylation sites is 1. The summed E-state index contributed by atoms with van der Waals surface area (Å²) in [5.74, 6) is 0. The molecule has 2 heterocycles. The molecular formula is C25H18N2O. The normalized spacial score (nSPS) is 11.2. The van der Waals surface area contributed by atoms with Gasteiger partial charge in [-0.1, -0.05) is 66.7 Å². The molecule has 0 atom stereocenters. The minimum atomic E-state index is -0.0207. The zero-order chi connectivity index (χ0) is 19.1. The molecule has 28 heavy (non-hydrogen) atoms. The smallest absolute Gasteiger partial charge is 0.263 e. The first kappa shape index (κ1) is 16.5. The molecule has 5 aromatic rings. The molecule has 0 N–H and O–H groups in total. The van der Waals surface area contributed by atoms with Crippen LogP contribution in [0.5, 0.6) is 0 Å². The van der Waals surface area contributed by atoms with E-state index in [0.29, 0.717) is 0 Å². The van der Waals surface area contributed by atoms with Crippen molar-refractivity contribution < 1.29 is 0 Å². The largest absolute Gasteiger partial charge is 0.274 e. The van der Waals surface area contributed by atoms with E-state index in [0.717, 1.165) is 44.2 Å². The number of pyridine rings is 2. The summed E-state index contributed by atoms with van der Waals surface area (Å²) in [4.78, 5) is 18.3. The number of benzene rings is 3. The molecule has 0 aliphatic heterocycles. The van der Waals surface area contributed by atoms with Crippen LogP contribution in [0, 0.1) is 6.92 Å². The Morgan fingerprint density at radius 2 is 1.54 bits per heavy atom. The van der Waals surface area contributed by atoms with Crippen LogP contribution in [0.2, 0.25) is 0 Å². The number of rotatable bonds is 2. The van der Waals surface area contributed by atoms with Gasteiger partial charge in [-0.2, -0.15) is 0 Å². The summed E-state index contributed by atoms with van der Waals surface area (Å²) in [6.45, 7) is 1.98. The molecule has 0 unspecified atom stereocenters. The van der Waals surface area contributed by atoms with Gasteiger partial charge in [0.2, 0.25) is 0 Å². The zero-order valence-corrected chi connectivity index (χ0v) is 15.5. The third-order valence-corrected chi connectivity index (χ3v) is 5.18. The van der Waals surface area contributed by atoms with Crippen LogP contribution in [0.4, 0.5) is 0 Å². The highest BCUT2D eigenvalue weighted by atomic mass is 16.1. The van der Waals surface area contributed by atoms with Crippen LogP contribution >= 0.6 is 0 Å². The lowest BCUT2D eigenvalue weighted by Crippen LogP contribution is -2.21. The number of aromatic nitrogens is 2. The predicted octanol–water partition coefficient (Wildman–Crippen LogP) is 5.51. The molecule has 2 aromatic heterocycles. The van der Waals surface area contributed by atoms with Gasteiger partial charge in [0.1, 0.15) is 0 Å². The SMILES string of the molecule is Cc1cccc2cc(-c3ccccc3)n(-c3cccc4cccnc34)c(=O)c12. The second-order valence-electron chi connectivity index (χ2n) is 6.93. The Kier molecular flexibility index (Phi) is 3.80. The molecule has 0 aliphatic rings. The van der Waals surface area contributed by atoms with Gasteiger partial charge in [-0.3, -0.25) is 14.3 Å². The van der Waals surface area contributed by atoms with Crippen molar-refractivity contribution in [2.24, 2.45) is 0 Å². The number of aryl methyl sites for hydroxylation is 1. The van der Waals surface area contributed by atoms with Crippen LogP contribution in [-0.2, 0) is 0 Å². The van der Waals surface area contributed by atoms with Crippen molar-refractivity contribution in [3.63, 3.8) is 0 Å². The fourth-order valence-electron chi connectivity index (χ4n) is 3.86. The maximum absolute atomic E-state index is 13.7. The third kappa shape index (κ3) is 2.52. The molecule has 5 rings (SSSR count). The Balaban J connectivity index is 1.98. The molecule has 134 valence electrons. The number of fused-ring (bicyclic) bond motifs is 2. The van der Waals surface area contributed by atoms with E-state index in [-0.39, 0.29) is 5.56 Å². The summed E-state index contributed by atoms with van der Waals surface area (Å²) in [6, 6.07) is 28.0. The Morgan fingerprint density at radius 3 is 2.39 bits per heavy atom. The highest BCUT2D eigenvalue weighted by Crippen LogP contribution is 2.28. The summed E-state index contributed by atoms with van der Waals surface area (Å²) < 4.78 is 1.81. The van der Waals surface area contributed by atoms with Gasteiger partial charge in [-0.15, -0.1) is 0 Å². The minimum absolute atomic E-state index is 0.0207. The van der Waals surface area contributed by atoms with E-state index in [9.17, 15) is 4.79 Å². The number of hydrogen-bond donors (Lipinski definition) is 0. The number of hydrogen-bond acceptors (Lipinski definition) is 2. The standard InChI is InChI=1S/C25H18N2O/c1-17-8-5-12-20-16-22(18-9-3-2-4-10-18)27(25(28)23(17)20)21-14-6-11-19-13-7-15-26-24(19)21/h2-16H,1H3. The Labute approximate surface area is 162 Å². The molecule has 3 aromatic carbocycles.